The number of para-hydroxylation sites is 2. The maximum Gasteiger partial charge on any atom is 0.404 e. The van der Waals surface area contributed by atoms with Crippen LogP contribution in [0.2, 0.25) is 0 Å². The van der Waals surface area contributed by atoms with Crippen LogP contribution in [0.3, 0.4) is 0 Å². The number of carbonyl (C=O) groups is 3. The number of carbonyl (C=O) groups excluding carboxylic acids is 3. The molecule has 1 aromatic rings. The van der Waals surface area contributed by atoms with Crippen molar-refractivity contribution in [2.24, 2.45) is 11.7 Å². The number of ketones is 2. The molecule has 2 fully saturated rings. The second kappa shape index (κ2) is 6.56. The summed E-state index contributed by atoms with van der Waals surface area (Å²) in [6, 6.07) is 6.45. The summed E-state index contributed by atoms with van der Waals surface area (Å²) in [5, 5.41) is 16.3. The lowest BCUT2D eigenvalue weighted by molar-refractivity contribution is -0.137. The number of primary amides is 1. The number of amides is 1. The lowest BCUT2D eigenvalue weighted by atomic mass is 9.82. The maximum absolute atomic E-state index is 13.7. The molecule has 0 bridgehead atoms. The Morgan fingerprint density at radius 1 is 1.35 bits per heavy atom. The third kappa shape index (κ3) is 2.55. The summed E-state index contributed by atoms with van der Waals surface area (Å²) in [4.78, 5) is 40.2. The molecule has 3 aliphatic heterocycles. The van der Waals surface area contributed by atoms with E-state index in [1.165, 1.54) is 13.2 Å². The van der Waals surface area contributed by atoms with Crippen LogP contribution < -0.4 is 16.4 Å². The molecular weight excluding hydrogens is 404 g/mol. The van der Waals surface area contributed by atoms with Crippen molar-refractivity contribution in [1.82, 2.24) is 10.2 Å². The predicted molar refractivity (Wildman–Crippen MR) is 108 cm³/mol. The molecule has 0 radical (unpaired) electrons. The lowest BCUT2D eigenvalue weighted by Gasteiger charge is -2.39. The number of fused-ring (bicyclic) bond motifs is 4. The molecule has 31 heavy (non-hydrogen) atoms. The zero-order chi connectivity index (χ0) is 22.1. The first-order valence-corrected chi connectivity index (χ1v) is 9.91. The van der Waals surface area contributed by atoms with Crippen LogP contribution >= 0.6 is 0 Å². The third-order valence-corrected chi connectivity index (χ3v) is 6.59. The number of anilines is 1. The lowest BCUT2D eigenvalue weighted by Crippen LogP contribution is -2.55. The molecule has 0 aromatic heterocycles. The van der Waals surface area contributed by atoms with Crippen LogP contribution in [-0.4, -0.2) is 65.7 Å². The zero-order valence-corrected chi connectivity index (χ0v) is 17.0. The van der Waals surface area contributed by atoms with Crippen molar-refractivity contribution in [3.8, 4) is 5.75 Å². The third-order valence-electron chi connectivity index (χ3n) is 6.59. The van der Waals surface area contributed by atoms with E-state index in [9.17, 15) is 19.5 Å². The van der Waals surface area contributed by atoms with Crippen molar-refractivity contribution in [1.29, 1.82) is 0 Å². The molecule has 2 saturated heterocycles. The summed E-state index contributed by atoms with van der Waals surface area (Å²) >= 11 is 0. The van der Waals surface area contributed by atoms with Gasteiger partial charge in [-0.3, -0.25) is 9.59 Å². The van der Waals surface area contributed by atoms with E-state index in [-0.39, 0.29) is 52.8 Å². The van der Waals surface area contributed by atoms with Gasteiger partial charge in [-0.2, -0.15) is 0 Å². The highest BCUT2D eigenvalue weighted by atomic mass is 16.6. The Balaban J connectivity index is 1.58. The fraction of sp³-hybridized carbons (Fsp3) is 0.381. The number of benzene rings is 1. The van der Waals surface area contributed by atoms with Gasteiger partial charge in [0.15, 0.2) is 5.72 Å². The first-order valence-electron chi connectivity index (χ1n) is 9.91. The van der Waals surface area contributed by atoms with E-state index >= 15 is 0 Å². The Morgan fingerprint density at radius 2 is 2.10 bits per heavy atom. The van der Waals surface area contributed by atoms with Crippen LogP contribution in [0.1, 0.15) is 6.92 Å². The number of nitrogens with zero attached hydrogens (tertiary/aromatic N) is 1. The predicted octanol–water partition coefficient (Wildman–Crippen LogP) is 0.208. The van der Waals surface area contributed by atoms with Crippen molar-refractivity contribution >= 4 is 23.3 Å². The van der Waals surface area contributed by atoms with Crippen molar-refractivity contribution in [2.75, 3.05) is 25.6 Å². The van der Waals surface area contributed by atoms with Gasteiger partial charge < -0.3 is 35.8 Å². The van der Waals surface area contributed by atoms with Gasteiger partial charge in [0.1, 0.15) is 12.4 Å². The van der Waals surface area contributed by atoms with Gasteiger partial charge >= 0.3 is 6.09 Å². The number of aromatic hydroxyl groups is 1. The fourth-order valence-corrected chi connectivity index (χ4v) is 5.16. The number of rotatable bonds is 5. The van der Waals surface area contributed by atoms with Gasteiger partial charge in [-0.25, -0.2) is 4.79 Å². The van der Waals surface area contributed by atoms with Gasteiger partial charge in [0.25, 0.3) is 0 Å². The zero-order valence-electron chi connectivity index (χ0n) is 17.0. The van der Waals surface area contributed by atoms with Gasteiger partial charge in [-0.05, 0) is 19.1 Å². The molecule has 1 amide bonds. The van der Waals surface area contributed by atoms with Gasteiger partial charge in [0.2, 0.25) is 11.6 Å². The second-order valence-corrected chi connectivity index (χ2v) is 8.06. The number of phenols is 1. The van der Waals surface area contributed by atoms with Crippen LogP contribution in [0.5, 0.6) is 5.75 Å². The van der Waals surface area contributed by atoms with Gasteiger partial charge in [0, 0.05) is 30.8 Å². The normalized spacial score (nSPS) is 30.9. The molecule has 10 nitrogen and oxygen atoms in total. The molecule has 162 valence electrons. The fourth-order valence-electron chi connectivity index (χ4n) is 5.16. The number of ether oxygens (including phenoxy) is 2. The van der Waals surface area contributed by atoms with Crippen LogP contribution in [-0.2, 0) is 19.1 Å². The van der Waals surface area contributed by atoms with Crippen molar-refractivity contribution in [2.45, 2.75) is 24.7 Å². The van der Waals surface area contributed by atoms with E-state index in [1.54, 1.807) is 25.1 Å². The number of Topliss-reactive ketones (excluding diaryl/α,β-unsaturated/α-hetero) is 2. The Morgan fingerprint density at radius 3 is 2.77 bits per heavy atom. The van der Waals surface area contributed by atoms with Crippen LogP contribution in [0.25, 0.3) is 0 Å². The van der Waals surface area contributed by atoms with E-state index in [2.05, 4.69) is 10.6 Å². The molecule has 5 rings (SSSR count). The minimum absolute atomic E-state index is 0.0538. The molecule has 3 heterocycles. The van der Waals surface area contributed by atoms with Crippen molar-refractivity contribution in [3.05, 3.63) is 46.8 Å². The number of methoxy groups -OCH3 is 1. The van der Waals surface area contributed by atoms with E-state index in [0.717, 1.165) is 0 Å². The van der Waals surface area contributed by atoms with E-state index in [0.29, 0.717) is 12.2 Å². The summed E-state index contributed by atoms with van der Waals surface area (Å²) in [6.07, 6.45) is -0.973. The first kappa shape index (κ1) is 19.6. The number of hydrogen-bond donors (Lipinski definition) is 4. The molecule has 0 spiro atoms. The molecule has 1 aliphatic carbocycles. The Bertz CT molecular complexity index is 1100. The smallest absolute Gasteiger partial charge is 0.404 e. The number of nitrogens with two attached hydrogens (primary N) is 1. The van der Waals surface area contributed by atoms with E-state index in [4.69, 9.17) is 15.2 Å². The molecule has 4 unspecified atom stereocenters. The molecular formula is C21H22N4O6. The SMILES string of the molecule is COC12C(COC(N)=O)C3=C(C(=O)C(C)=C(Nc4ccccc4O)C3=O)N1CC1NC12. The quantitative estimate of drug-likeness (QED) is 0.294. The van der Waals surface area contributed by atoms with Gasteiger partial charge in [-0.15, -0.1) is 0 Å². The van der Waals surface area contributed by atoms with Gasteiger partial charge in [0.05, 0.1) is 29.0 Å². The van der Waals surface area contributed by atoms with E-state index < -0.39 is 23.5 Å². The average Bonchev–Trinajstić information content (AvgIpc) is 3.35. The summed E-state index contributed by atoms with van der Waals surface area (Å²) < 4.78 is 11.0. The number of piperazine rings is 1. The first-order chi connectivity index (χ1) is 14.8. The maximum atomic E-state index is 13.7. The molecule has 0 saturated carbocycles. The van der Waals surface area contributed by atoms with Gasteiger partial charge in [-0.1, -0.05) is 12.1 Å². The summed E-state index contributed by atoms with van der Waals surface area (Å²) in [5.41, 5.74) is 5.27. The summed E-state index contributed by atoms with van der Waals surface area (Å²) in [5.74, 6) is -1.48. The monoisotopic (exact) mass is 426 g/mol. The highest BCUT2D eigenvalue weighted by Crippen LogP contribution is 2.55. The highest BCUT2D eigenvalue weighted by Gasteiger charge is 2.72. The number of hydrogen-bond acceptors (Lipinski definition) is 9. The Hall–Kier alpha value is -3.37. The standard InChI is InChI=1S/C21H22N4O6/c1-9-15(23-11-5-3-4-6-13(11)26)18(28)14-10(8-31-20(22)29)21(30-2)19-12(24-19)7-25(21)16(14)17(9)27/h3-6,10,12,19,23-24,26H,7-8H2,1-2H3,(H2,22,29). The second-order valence-electron chi connectivity index (χ2n) is 8.06. The average molecular weight is 426 g/mol. The topological polar surface area (TPSA) is 153 Å². The minimum atomic E-state index is -1.03. The number of allylic oxidation sites excluding steroid dienone is 2. The van der Waals surface area contributed by atoms with Crippen LogP contribution in [0, 0.1) is 5.92 Å². The summed E-state index contributed by atoms with van der Waals surface area (Å²) in [7, 11) is 1.52. The largest absolute Gasteiger partial charge is 0.506 e. The van der Waals surface area contributed by atoms with Crippen molar-refractivity contribution < 1.29 is 29.0 Å². The van der Waals surface area contributed by atoms with Crippen LogP contribution in [0.4, 0.5) is 10.5 Å². The Kier molecular flexibility index (Phi) is 4.15. The summed E-state index contributed by atoms with van der Waals surface area (Å²) in [6.45, 7) is 1.87. The van der Waals surface area contributed by atoms with E-state index in [1.807, 2.05) is 4.90 Å². The molecule has 5 N–H and O–H groups in total. The Labute approximate surface area is 177 Å². The highest BCUT2D eigenvalue weighted by molar-refractivity contribution is 6.26. The number of phenolic OH excluding ortho intramolecular Hbond substituents is 1. The van der Waals surface area contributed by atoms with Crippen molar-refractivity contribution in [3.63, 3.8) is 0 Å². The minimum Gasteiger partial charge on any atom is -0.506 e. The van der Waals surface area contributed by atoms with Crippen LogP contribution in [0.15, 0.2) is 46.8 Å². The number of nitrogens with one attached hydrogen (secondary N) is 2. The molecule has 4 atom stereocenters. The molecule has 4 aliphatic rings. The molecule has 10 heteroatoms. The molecule has 1 aromatic carbocycles.